The molecule has 2 atom stereocenters. The molecule has 0 fully saturated rings. The molecule has 0 radical (unpaired) electrons. The van der Waals surface area contributed by atoms with Gasteiger partial charge in [0.2, 0.25) is 0 Å². The van der Waals surface area contributed by atoms with Crippen LogP contribution in [0.4, 0.5) is 4.39 Å². The molecule has 3 aliphatic rings. The van der Waals surface area contributed by atoms with E-state index in [0.29, 0.717) is 35.3 Å². The first-order chi connectivity index (χ1) is 16.2. The van der Waals surface area contributed by atoms with Crippen LogP contribution in [0.2, 0.25) is 0 Å². The van der Waals surface area contributed by atoms with Gasteiger partial charge in [-0.3, -0.25) is 4.79 Å². The molecule has 0 amide bonds. The van der Waals surface area contributed by atoms with Crippen LogP contribution >= 0.6 is 0 Å². The van der Waals surface area contributed by atoms with E-state index in [1.807, 2.05) is 13.8 Å². The minimum atomic E-state index is -1.89. The fraction of sp³-hybridized carbons (Fsp3) is 0.423. The van der Waals surface area contributed by atoms with Crippen molar-refractivity contribution in [1.82, 2.24) is 9.55 Å². The molecule has 0 spiro atoms. The van der Waals surface area contributed by atoms with Crippen molar-refractivity contribution in [1.29, 1.82) is 0 Å². The zero-order valence-corrected chi connectivity index (χ0v) is 19.4. The molecule has 0 bridgehead atoms. The number of hydrogen-bond acceptors (Lipinski definition) is 6. The third-order valence-corrected chi connectivity index (χ3v) is 7.77. The minimum absolute atomic E-state index is 0.0191. The monoisotopic (exact) mass is 463 g/mol. The summed E-state index contributed by atoms with van der Waals surface area (Å²) >= 11 is 0. The number of hydrogen-bond donors (Lipinski definition) is 2. The molecule has 3 aromatic rings. The van der Waals surface area contributed by atoms with Gasteiger partial charge in [-0.25, -0.2) is 14.2 Å². The van der Waals surface area contributed by atoms with Crippen molar-refractivity contribution < 1.29 is 19.0 Å². The molecule has 1 aliphatic carbocycles. The molecule has 6 rings (SSSR count). The summed E-state index contributed by atoms with van der Waals surface area (Å²) in [5, 5.41) is 12.0. The van der Waals surface area contributed by atoms with E-state index < -0.39 is 11.6 Å². The largest absolute Gasteiger partial charge is 0.458 e. The maximum Gasteiger partial charge on any atom is 0.343 e. The van der Waals surface area contributed by atoms with E-state index in [0.717, 1.165) is 22.1 Å². The molecule has 176 valence electrons. The molecule has 0 saturated heterocycles. The van der Waals surface area contributed by atoms with Gasteiger partial charge in [-0.15, -0.1) is 0 Å². The van der Waals surface area contributed by atoms with E-state index in [4.69, 9.17) is 15.5 Å². The summed E-state index contributed by atoms with van der Waals surface area (Å²) in [5.41, 5.74) is 9.95. The maximum atomic E-state index is 15.2. The van der Waals surface area contributed by atoms with Crippen molar-refractivity contribution in [2.75, 3.05) is 0 Å². The maximum absolute atomic E-state index is 15.2. The number of ether oxygens (including phenoxy) is 1. The van der Waals surface area contributed by atoms with Crippen LogP contribution in [0.3, 0.4) is 0 Å². The normalized spacial score (nSPS) is 22.6. The summed E-state index contributed by atoms with van der Waals surface area (Å²) in [7, 11) is 0. The topological polar surface area (TPSA) is 107 Å². The van der Waals surface area contributed by atoms with Crippen molar-refractivity contribution in [2.45, 2.75) is 70.7 Å². The van der Waals surface area contributed by atoms with Crippen LogP contribution in [-0.4, -0.2) is 20.6 Å². The van der Waals surface area contributed by atoms with E-state index in [2.05, 4.69) is 0 Å². The number of fused-ring (bicyclic) bond motifs is 5. The number of aryl methyl sites for hydroxylation is 1. The second-order valence-corrected chi connectivity index (χ2v) is 9.90. The van der Waals surface area contributed by atoms with Crippen LogP contribution in [0.5, 0.6) is 0 Å². The molecular formula is C26H26FN3O4. The number of benzene rings is 1. The number of carbonyl (C=O) groups excluding carboxylic acids is 1. The van der Waals surface area contributed by atoms with Crippen molar-refractivity contribution >= 4 is 16.9 Å². The number of nitrogens with zero attached hydrogens (tertiary/aromatic N) is 2. The smallest absolute Gasteiger partial charge is 0.343 e. The third-order valence-electron chi connectivity index (χ3n) is 7.77. The molecule has 2 unspecified atom stereocenters. The summed E-state index contributed by atoms with van der Waals surface area (Å²) in [6, 6.07) is 2.88. The number of carbonyl (C=O) groups is 1. The molecule has 3 N–H and O–H groups in total. The average molecular weight is 464 g/mol. The Labute approximate surface area is 195 Å². The zero-order valence-electron chi connectivity index (χ0n) is 19.4. The lowest BCUT2D eigenvalue weighted by Gasteiger charge is -2.31. The Morgan fingerprint density at radius 1 is 1.29 bits per heavy atom. The molecule has 1 aromatic carbocycles. The van der Waals surface area contributed by atoms with Crippen LogP contribution in [-0.2, 0) is 34.7 Å². The molecule has 34 heavy (non-hydrogen) atoms. The molecule has 0 saturated carbocycles. The van der Waals surface area contributed by atoms with Gasteiger partial charge in [0.25, 0.3) is 5.56 Å². The van der Waals surface area contributed by atoms with Gasteiger partial charge in [0.05, 0.1) is 29.0 Å². The highest BCUT2D eigenvalue weighted by atomic mass is 19.1. The molecular weight excluding hydrogens is 437 g/mol. The Hall–Kier alpha value is -3.10. The Balaban J connectivity index is 1.69. The van der Waals surface area contributed by atoms with Crippen molar-refractivity contribution in [3.05, 3.63) is 61.7 Å². The van der Waals surface area contributed by atoms with E-state index in [1.54, 1.807) is 17.6 Å². The van der Waals surface area contributed by atoms with E-state index in [1.165, 1.54) is 6.07 Å². The van der Waals surface area contributed by atoms with Crippen molar-refractivity contribution in [2.24, 2.45) is 5.73 Å². The predicted octanol–water partition coefficient (Wildman–Crippen LogP) is 3.29. The fourth-order valence-corrected chi connectivity index (χ4v) is 6.08. The summed E-state index contributed by atoms with van der Waals surface area (Å²) in [4.78, 5) is 30.7. The molecule has 4 heterocycles. The van der Waals surface area contributed by atoms with Crippen molar-refractivity contribution in [3.8, 4) is 11.4 Å². The highest BCUT2D eigenvalue weighted by Crippen LogP contribution is 2.46. The number of cyclic esters (lactones) is 1. The van der Waals surface area contributed by atoms with Gasteiger partial charge in [0.15, 0.2) is 5.60 Å². The minimum Gasteiger partial charge on any atom is -0.458 e. The Kier molecular flexibility index (Phi) is 4.39. The lowest BCUT2D eigenvalue weighted by Crippen LogP contribution is -2.44. The van der Waals surface area contributed by atoms with Crippen molar-refractivity contribution in [3.63, 3.8) is 0 Å². The van der Waals surface area contributed by atoms with Gasteiger partial charge < -0.3 is 20.1 Å². The second-order valence-electron chi connectivity index (χ2n) is 9.90. The van der Waals surface area contributed by atoms with Crippen LogP contribution in [0, 0.1) is 5.82 Å². The summed E-state index contributed by atoms with van der Waals surface area (Å²) in [5.74, 6) is -1.03. The number of aromatic nitrogens is 2. The van der Waals surface area contributed by atoms with Crippen LogP contribution in [0.25, 0.3) is 22.3 Å². The van der Waals surface area contributed by atoms with E-state index in [9.17, 15) is 14.7 Å². The third kappa shape index (κ3) is 2.55. The first-order valence-corrected chi connectivity index (χ1v) is 11.8. The van der Waals surface area contributed by atoms with Gasteiger partial charge >= 0.3 is 5.97 Å². The Bertz CT molecular complexity index is 1490. The number of pyridine rings is 2. The summed E-state index contributed by atoms with van der Waals surface area (Å²) < 4.78 is 21.9. The van der Waals surface area contributed by atoms with Gasteiger partial charge in [-0.1, -0.05) is 20.8 Å². The Morgan fingerprint density at radius 3 is 2.76 bits per heavy atom. The lowest BCUT2D eigenvalue weighted by atomic mass is 9.80. The standard InChI is InChI=1S/C26H26FN3O4/c1-4-26(33)15-7-19-23-13(9-30(19)24(31)14(15)10-34-25(26)32)21-17(28)6-5-12-20(11(2)3)16(27)8-18(29-23)22(12)21/h7-8,11,17,33H,4-6,9-10,28H2,1-3H3. The number of nitrogens with two attached hydrogens (primary N) is 1. The number of aliphatic hydroxyl groups is 1. The predicted molar refractivity (Wildman–Crippen MR) is 124 cm³/mol. The van der Waals surface area contributed by atoms with Gasteiger partial charge in [0, 0.05) is 28.6 Å². The molecule has 2 aromatic heterocycles. The quantitative estimate of drug-likeness (QED) is 0.442. The highest BCUT2D eigenvalue weighted by molar-refractivity contribution is 5.93. The van der Waals surface area contributed by atoms with E-state index >= 15 is 4.39 Å². The van der Waals surface area contributed by atoms with Gasteiger partial charge in [-0.2, -0.15) is 0 Å². The van der Waals surface area contributed by atoms with Crippen LogP contribution < -0.4 is 11.3 Å². The molecule has 2 aliphatic heterocycles. The average Bonchev–Trinajstić information content (AvgIpc) is 3.16. The zero-order chi connectivity index (χ0) is 24.1. The highest BCUT2D eigenvalue weighted by Gasteiger charge is 2.45. The lowest BCUT2D eigenvalue weighted by molar-refractivity contribution is -0.172. The number of esters is 1. The van der Waals surface area contributed by atoms with Gasteiger partial charge in [0.1, 0.15) is 12.4 Å². The van der Waals surface area contributed by atoms with Gasteiger partial charge in [-0.05, 0) is 47.9 Å². The molecule has 8 heteroatoms. The van der Waals surface area contributed by atoms with E-state index in [-0.39, 0.29) is 54.0 Å². The second kappa shape index (κ2) is 6.96. The first-order valence-electron chi connectivity index (χ1n) is 11.8. The summed E-state index contributed by atoms with van der Waals surface area (Å²) in [6.45, 7) is 5.73. The first kappa shape index (κ1) is 21.4. The fourth-order valence-electron chi connectivity index (χ4n) is 6.08. The number of rotatable bonds is 2. The van der Waals surface area contributed by atoms with Crippen LogP contribution in [0.1, 0.15) is 79.0 Å². The SMILES string of the molecule is CCC1(O)C(=O)OCc2c1cc1n(c2=O)Cc2c-1nc1cc(F)c(C(C)C)c3c1c2C(N)CC3. The molecule has 7 nitrogen and oxygen atoms in total. The summed E-state index contributed by atoms with van der Waals surface area (Å²) in [6.07, 6.45) is 1.43. The van der Waals surface area contributed by atoms with Crippen LogP contribution in [0.15, 0.2) is 16.9 Å². The number of halogens is 1. The Morgan fingerprint density at radius 2 is 2.06 bits per heavy atom.